The van der Waals surface area contributed by atoms with E-state index in [0.29, 0.717) is 44.0 Å². The van der Waals surface area contributed by atoms with Crippen molar-refractivity contribution in [3.8, 4) is 0 Å². The van der Waals surface area contributed by atoms with Crippen molar-refractivity contribution in [3.05, 3.63) is 114 Å². The van der Waals surface area contributed by atoms with Crippen molar-refractivity contribution in [1.82, 2.24) is 25.1 Å². The number of aliphatic hydroxyl groups excluding tert-OH is 4. The van der Waals surface area contributed by atoms with E-state index in [1.54, 1.807) is 36.7 Å². The molecule has 2 aromatic heterocycles. The van der Waals surface area contributed by atoms with E-state index >= 15 is 0 Å². The van der Waals surface area contributed by atoms with E-state index in [2.05, 4.69) is 37.2 Å². The maximum Gasteiger partial charge on any atom is 0.238 e. The number of carbonyl (C=O) groups excluding carboxylic acids is 2. The number of nitrogens with zero attached hydrogens (tertiary/aromatic N) is 5. The fourth-order valence-corrected chi connectivity index (χ4v) is 5.53. The van der Waals surface area contributed by atoms with E-state index in [9.17, 15) is 30.0 Å². The number of hydrogen-bond donors (Lipinski definition) is 6. The van der Waals surface area contributed by atoms with Crippen molar-refractivity contribution < 1.29 is 34.8 Å². The van der Waals surface area contributed by atoms with Crippen molar-refractivity contribution in [2.45, 2.75) is 57.1 Å². The predicted octanol–water partition coefficient (Wildman–Crippen LogP) is 1.04. The molecule has 0 spiro atoms. The number of rotatable bonds is 18. The van der Waals surface area contributed by atoms with Gasteiger partial charge in [-0.25, -0.2) is 0 Å². The van der Waals surface area contributed by atoms with Crippen LogP contribution in [0, 0.1) is 0 Å². The number of allylic oxidation sites excluding steroid dienone is 3. The maximum absolute atomic E-state index is 13.3. The third-order valence-electron chi connectivity index (χ3n) is 8.22. The van der Waals surface area contributed by atoms with Gasteiger partial charge in [0.15, 0.2) is 6.29 Å². The molecule has 3 heterocycles. The molecule has 1 aliphatic heterocycles. The number of pyridine rings is 2. The molecule has 1 fully saturated rings. The molecule has 3 aromatic rings. The van der Waals surface area contributed by atoms with Crippen LogP contribution in [-0.4, -0.2) is 122 Å². The number of hydrogen-bond acceptors (Lipinski definition) is 12. The van der Waals surface area contributed by atoms with Gasteiger partial charge in [-0.15, -0.1) is 0 Å². The number of aliphatic imine (C=N–C) groups is 1. The molecule has 5 atom stereocenters. The minimum Gasteiger partial charge on any atom is -0.394 e. The highest BCUT2D eigenvalue weighted by Crippen LogP contribution is 2.20. The fourth-order valence-electron chi connectivity index (χ4n) is 5.53. The first kappa shape index (κ1) is 39.1. The van der Waals surface area contributed by atoms with Gasteiger partial charge < -0.3 is 35.8 Å². The standard InChI is InChI=1S/C37H47N7O7/c1-3-4-9-28(38-2)21-43(22-29-10-5-7-16-39-29)18-19-44(23-30-11-6-8-17-40-30)24-33(47)41-27-14-12-26(13-15-27)20-32(46)42-34-36(49)35(48)31(25-45)51-37(34)50/h3-17,31,34-37,45,48-50H,2,18-25H2,1H3,(H,41,47)(H,42,46)/b4-3-,28-9-/t31-,34-,35-,36-,37?/m1/s1. The lowest BCUT2D eigenvalue weighted by atomic mass is 9.97. The largest absolute Gasteiger partial charge is 0.394 e. The molecule has 0 saturated carbocycles. The summed E-state index contributed by atoms with van der Waals surface area (Å²) in [7, 11) is 0. The van der Waals surface area contributed by atoms with Crippen molar-refractivity contribution >= 4 is 24.2 Å². The van der Waals surface area contributed by atoms with Gasteiger partial charge in [-0.2, -0.15) is 0 Å². The van der Waals surface area contributed by atoms with E-state index in [-0.39, 0.29) is 18.9 Å². The summed E-state index contributed by atoms with van der Waals surface area (Å²) in [5.41, 5.74) is 3.70. The Morgan fingerprint density at radius 2 is 1.53 bits per heavy atom. The molecule has 14 heteroatoms. The molecule has 0 bridgehead atoms. The Balaban J connectivity index is 1.37. The normalized spacial score (nSPS) is 20.8. The van der Waals surface area contributed by atoms with Crippen LogP contribution in [0.25, 0.3) is 0 Å². The lowest BCUT2D eigenvalue weighted by Gasteiger charge is -2.40. The summed E-state index contributed by atoms with van der Waals surface area (Å²) in [6.07, 6.45) is 3.38. The summed E-state index contributed by atoms with van der Waals surface area (Å²) < 4.78 is 5.10. The molecule has 0 aliphatic carbocycles. The van der Waals surface area contributed by atoms with Crippen molar-refractivity contribution in [1.29, 1.82) is 0 Å². The van der Waals surface area contributed by atoms with Gasteiger partial charge in [-0.1, -0.05) is 36.4 Å². The molecule has 14 nitrogen and oxygen atoms in total. The van der Waals surface area contributed by atoms with Crippen LogP contribution in [0.15, 0.2) is 102 Å². The second kappa shape index (κ2) is 20.2. The summed E-state index contributed by atoms with van der Waals surface area (Å²) in [6.45, 7) is 7.90. The first-order valence-electron chi connectivity index (χ1n) is 16.7. The van der Waals surface area contributed by atoms with E-state index in [1.165, 1.54) is 0 Å². The van der Waals surface area contributed by atoms with Crippen LogP contribution in [0.5, 0.6) is 0 Å². The monoisotopic (exact) mass is 701 g/mol. The minimum absolute atomic E-state index is 0.0935. The predicted molar refractivity (Wildman–Crippen MR) is 192 cm³/mol. The maximum atomic E-state index is 13.3. The Hall–Kier alpha value is -4.67. The van der Waals surface area contributed by atoms with Crippen LogP contribution in [0.2, 0.25) is 0 Å². The highest BCUT2D eigenvalue weighted by molar-refractivity contribution is 5.92. The van der Waals surface area contributed by atoms with Gasteiger partial charge in [-0.3, -0.25) is 34.3 Å². The molecular weight excluding hydrogens is 654 g/mol. The Morgan fingerprint density at radius 1 is 0.902 bits per heavy atom. The van der Waals surface area contributed by atoms with Gasteiger partial charge in [-0.05, 0) is 61.7 Å². The Morgan fingerprint density at radius 3 is 2.08 bits per heavy atom. The summed E-state index contributed by atoms with van der Waals surface area (Å²) in [4.78, 5) is 43.4. The van der Waals surface area contributed by atoms with Crippen molar-refractivity contribution in [2.75, 3.05) is 38.1 Å². The zero-order valence-corrected chi connectivity index (χ0v) is 28.7. The smallest absolute Gasteiger partial charge is 0.238 e. The number of aromatic nitrogens is 2. The highest BCUT2D eigenvalue weighted by atomic mass is 16.6. The number of amides is 2. The molecule has 0 radical (unpaired) electrons. The van der Waals surface area contributed by atoms with Gasteiger partial charge in [0.05, 0.1) is 36.7 Å². The second-order valence-electron chi connectivity index (χ2n) is 12.1. The summed E-state index contributed by atoms with van der Waals surface area (Å²) >= 11 is 0. The van der Waals surface area contributed by atoms with Gasteiger partial charge >= 0.3 is 0 Å². The second-order valence-corrected chi connectivity index (χ2v) is 12.1. The fraction of sp³-hybridized carbons (Fsp3) is 0.378. The number of ether oxygens (including phenoxy) is 1. The lowest BCUT2D eigenvalue weighted by molar-refractivity contribution is -0.253. The van der Waals surface area contributed by atoms with Gasteiger partial charge in [0.2, 0.25) is 11.8 Å². The molecule has 1 aliphatic rings. The Kier molecular flexibility index (Phi) is 15.5. The summed E-state index contributed by atoms with van der Waals surface area (Å²) in [5.74, 6) is -0.752. The average Bonchev–Trinajstić information content (AvgIpc) is 3.13. The first-order chi connectivity index (χ1) is 24.7. The van der Waals surface area contributed by atoms with Gasteiger partial charge in [0.1, 0.15) is 24.4 Å². The van der Waals surface area contributed by atoms with Gasteiger partial charge in [0.25, 0.3) is 0 Å². The zero-order chi connectivity index (χ0) is 36.6. The lowest BCUT2D eigenvalue weighted by Crippen LogP contribution is -2.64. The molecule has 1 aromatic carbocycles. The third-order valence-corrected chi connectivity index (χ3v) is 8.22. The van der Waals surface area contributed by atoms with E-state index < -0.39 is 43.2 Å². The zero-order valence-electron chi connectivity index (χ0n) is 28.7. The topological polar surface area (TPSA) is 193 Å². The van der Waals surface area contributed by atoms with Crippen LogP contribution in [0.4, 0.5) is 5.69 Å². The number of aliphatic hydroxyl groups is 4. The molecule has 51 heavy (non-hydrogen) atoms. The minimum atomic E-state index is -1.61. The van der Waals surface area contributed by atoms with E-state index in [1.807, 2.05) is 66.4 Å². The molecule has 2 amide bonds. The highest BCUT2D eigenvalue weighted by Gasteiger charge is 2.44. The molecule has 1 saturated heterocycles. The van der Waals surface area contributed by atoms with Crippen LogP contribution in [0.3, 0.4) is 0 Å². The summed E-state index contributed by atoms with van der Waals surface area (Å²) in [5, 5.41) is 45.2. The molecule has 1 unspecified atom stereocenters. The molecule has 6 N–H and O–H groups in total. The van der Waals surface area contributed by atoms with Crippen molar-refractivity contribution in [3.63, 3.8) is 0 Å². The van der Waals surface area contributed by atoms with Crippen LogP contribution >= 0.6 is 0 Å². The Labute approximate surface area is 297 Å². The Bertz CT molecular complexity index is 1590. The molecule has 4 rings (SSSR count). The number of nitrogens with one attached hydrogen (secondary N) is 2. The molecular formula is C37H47N7O7. The number of benzene rings is 1. The van der Waals surface area contributed by atoms with Crippen molar-refractivity contribution in [2.24, 2.45) is 4.99 Å². The first-order valence-corrected chi connectivity index (χ1v) is 16.7. The average molecular weight is 702 g/mol. The SMILES string of the molecule is C=N/C(=C\C=C/C)CN(CCN(CC(=O)Nc1ccc(CC(=O)N[C@H]2C(O)O[C@H](CO)[C@@H](O)[C@@H]2O)cc1)Cc1ccccn1)Cc1ccccn1. The van der Waals surface area contributed by atoms with Gasteiger partial charge in [0, 0.05) is 50.8 Å². The van der Waals surface area contributed by atoms with E-state index in [0.717, 1.165) is 17.1 Å². The van der Waals surface area contributed by atoms with Crippen LogP contribution in [-0.2, 0) is 33.8 Å². The van der Waals surface area contributed by atoms with E-state index in [4.69, 9.17) is 4.74 Å². The van der Waals surface area contributed by atoms with Crippen LogP contribution < -0.4 is 10.6 Å². The number of carbonyl (C=O) groups is 2. The summed E-state index contributed by atoms with van der Waals surface area (Å²) in [6, 6.07) is 16.9. The van der Waals surface area contributed by atoms with Crippen LogP contribution in [0.1, 0.15) is 23.9 Å². The third kappa shape index (κ3) is 12.6. The number of anilines is 1. The quantitative estimate of drug-likeness (QED) is 0.0820. The molecule has 272 valence electrons.